The molecule has 1 saturated heterocycles. The summed E-state index contributed by atoms with van der Waals surface area (Å²) in [6, 6.07) is 10.3. The number of hydrogen-bond donors (Lipinski definition) is 1. The predicted molar refractivity (Wildman–Crippen MR) is 91.9 cm³/mol. The summed E-state index contributed by atoms with van der Waals surface area (Å²) in [4.78, 5) is 6.74. The van der Waals surface area contributed by atoms with E-state index in [-0.39, 0.29) is 0 Å². The highest BCUT2D eigenvalue weighted by Crippen LogP contribution is 2.36. The van der Waals surface area contributed by atoms with Gasteiger partial charge in [-0.1, -0.05) is 18.2 Å². The summed E-state index contributed by atoms with van der Waals surface area (Å²) in [5, 5.41) is 3.46. The van der Waals surface area contributed by atoms with E-state index in [9.17, 15) is 0 Å². The van der Waals surface area contributed by atoms with E-state index in [4.69, 9.17) is 9.47 Å². The SMILES string of the molecule is c1cncc(CN(Cc2cccc3c2OCO3)CC2CCNC2)c1. The van der Waals surface area contributed by atoms with Crippen molar-refractivity contribution in [3.63, 3.8) is 0 Å². The van der Waals surface area contributed by atoms with E-state index in [2.05, 4.69) is 27.3 Å². The molecule has 0 bridgehead atoms. The Morgan fingerprint density at radius 2 is 2.17 bits per heavy atom. The van der Waals surface area contributed by atoms with E-state index in [0.29, 0.717) is 12.7 Å². The third-order valence-electron chi connectivity index (χ3n) is 4.68. The Morgan fingerprint density at radius 1 is 1.17 bits per heavy atom. The molecule has 1 atom stereocenters. The van der Waals surface area contributed by atoms with Gasteiger partial charge in [-0.15, -0.1) is 0 Å². The first-order valence-electron chi connectivity index (χ1n) is 8.58. The minimum absolute atomic E-state index is 0.321. The molecule has 0 amide bonds. The van der Waals surface area contributed by atoms with Crippen molar-refractivity contribution < 1.29 is 9.47 Å². The molecule has 1 fully saturated rings. The topological polar surface area (TPSA) is 46.6 Å². The monoisotopic (exact) mass is 325 g/mol. The molecule has 1 N–H and O–H groups in total. The van der Waals surface area contributed by atoms with E-state index < -0.39 is 0 Å². The van der Waals surface area contributed by atoms with Gasteiger partial charge in [0.25, 0.3) is 0 Å². The number of nitrogens with one attached hydrogen (secondary N) is 1. The zero-order chi connectivity index (χ0) is 16.2. The maximum absolute atomic E-state index is 5.68. The van der Waals surface area contributed by atoms with Gasteiger partial charge >= 0.3 is 0 Å². The van der Waals surface area contributed by atoms with Crippen LogP contribution >= 0.6 is 0 Å². The Kier molecular flexibility index (Phi) is 4.62. The molecule has 24 heavy (non-hydrogen) atoms. The molecule has 5 nitrogen and oxygen atoms in total. The van der Waals surface area contributed by atoms with E-state index in [1.54, 1.807) is 0 Å². The average Bonchev–Trinajstić information content (AvgIpc) is 3.27. The van der Waals surface area contributed by atoms with Crippen LogP contribution in [0.3, 0.4) is 0 Å². The van der Waals surface area contributed by atoms with Crippen molar-refractivity contribution in [2.24, 2.45) is 5.92 Å². The molecule has 0 spiro atoms. The van der Waals surface area contributed by atoms with E-state index in [0.717, 1.165) is 44.2 Å². The first kappa shape index (κ1) is 15.4. The van der Waals surface area contributed by atoms with E-state index >= 15 is 0 Å². The van der Waals surface area contributed by atoms with Gasteiger partial charge in [-0.05, 0) is 43.1 Å². The number of fused-ring (bicyclic) bond motifs is 1. The summed E-state index contributed by atoms with van der Waals surface area (Å²) in [5.41, 5.74) is 2.44. The van der Waals surface area contributed by atoms with Crippen molar-refractivity contribution in [2.75, 3.05) is 26.4 Å². The quantitative estimate of drug-likeness (QED) is 0.884. The fraction of sp³-hybridized carbons (Fsp3) is 0.421. The first-order chi connectivity index (χ1) is 11.9. The summed E-state index contributed by atoms with van der Waals surface area (Å²) < 4.78 is 11.2. The number of hydrogen-bond acceptors (Lipinski definition) is 5. The minimum atomic E-state index is 0.321. The molecule has 0 saturated carbocycles. The summed E-state index contributed by atoms with van der Waals surface area (Å²) in [7, 11) is 0. The summed E-state index contributed by atoms with van der Waals surface area (Å²) in [6.45, 7) is 5.39. The molecular weight excluding hydrogens is 302 g/mol. The van der Waals surface area contributed by atoms with Crippen LogP contribution in [0.25, 0.3) is 0 Å². The Balaban J connectivity index is 1.52. The highest BCUT2D eigenvalue weighted by Gasteiger charge is 2.22. The van der Waals surface area contributed by atoms with Crippen LogP contribution in [0, 0.1) is 5.92 Å². The lowest BCUT2D eigenvalue weighted by Gasteiger charge is -2.25. The van der Waals surface area contributed by atoms with Crippen LogP contribution in [0.4, 0.5) is 0 Å². The predicted octanol–water partition coefficient (Wildman–Crippen LogP) is 2.42. The number of ether oxygens (including phenoxy) is 2. The summed E-state index contributed by atoms with van der Waals surface area (Å²) in [6.07, 6.45) is 5.02. The average molecular weight is 325 g/mol. The van der Waals surface area contributed by atoms with Crippen molar-refractivity contribution in [2.45, 2.75) is 19.5 Å². The Bertz CT molecular complexity index is 672. The third kappa shape index (κ3) is 3.52. The van der Waals surface area contributed by atoms with Crippen molar-refractivity contribution in [3.05, 3.63) is 53.9 Å². The molecule has 2 aliphatic rings. The van der Waals surface area contributed by atoms with Crippen LogP contribution in [-0.4, -0.2) is 36.3 Å². The third-order valence-corrected chi connectivity index (χ3v) is 4.68. The smallest absolute Gasteiger partial charge is 0.231 e. The number of para-hydroxylation sites is 1. The number of aromatic nitrogens is 1. The fourth-order valence-corrected chi connectivity index (χ4v) is 3.53. The van der Waals surface area contributed by atoms with Gasteiger partial charge in [0.15, 0.2) is 11.5 Å². The Labute approximate surface area is 142 Å². The van der Waals surface area contributed by atoms with Crippen molar-refractivity contribution in [1.29, 1.82) is 0 Å². The molecule has 126 valence electrons. The number of benzene rings is 1. The molecule has 4 rings (SSSR count). The number of pyridine rings is 1. The molecule has 5 heteroatoms. The van der Waals surface area contributed by atoms with Crippen LogP contribution in [0.5, 0.6) is 11.5 Å². The lowest BCUT2D eigenvalue weighted by molar-refractivity contribution is 0.170. The number of rotatable bonds is 6. The van der Waals surface area contributed by atoms with Gasteiger partial charge in [0.05, 0.1) is 0 Å². The second-order valence-electron chi connectivity index (χ2n) is 6.54. The fourth-order valence-electron chi connectivity index (χ4n) is 3.53. The highest BCUT2D eigenvalue weighted by atomic mass is 16.7. The van der Waals surface area contributed by atoms with Crippen molar-refractivity contribution in [3.8, 4) is 11.5 Å². The van der Waals surface area contributed by atoms with Gasteiger partial charge in [-0.25, -0.2) is 0 Å². The van der Waals surface area contributed by atoms with Crippen LogP contribution in [0.2, 0.25) is 0 Å². The van der Waals surface area contributed by atoms with E-state index in [1.165, 1.54) is 17.5 Å². The van der Waals surface area contributed by atoms with Gasteiger partial charge in [0, 0.05) is 37.6 Å². The minimum Gasteiger partial charge on any atom is -0.454 e. The van der Waals surface area contributed by atoms with Gasteiger partial charge in [0.2, 0.25) is 6.79 Å². The second kappa shape index (κ2) is 7.20. The molecule has 2 aromatic rings. The maximum Gasteiger partial charge on any atom is 0.231 e. The standard InChI is InChI=1S/C19H23N3O2/c1-4-17(19-18(5-1)23-14-24-19)13-22(12-16-6-8-21-10-16)11-15-3-2-7-20-9-15/h1-5,7,9,16,21H,6,8,10-14H2. The van der Waals surface area contributed by atoms with Gasteiger partial charge in [-0.3, -0.25) is 9.88 Å². The van der Waals surface area contributed by atoms with Gasteiger partial charge in [-0.2, -0.15) is 0 Å². The summed E-state index contributed by atoms with van der Waals surface area (Å²) >= 11 is 0. The zero-order valence-corrected chi connectivity index (χ0v) is 13.8. The lowest BCUT2D eigenvalue weighted by Crippen LogP contribution is -2.30. The first-order valence-corrected chi connectivity index (χ1v) is 8.58. The van der Waals surface area contributed by atoms with E-state index in [1.807, 2.05) is 30.6 Å². The molecule has 1 aromatic heterocycles. The lowest BCUT2D eigenvalue weighted by atomic mass is 10.1. The molecule has 0 radical (unpaired) electrons. The maximum atomic E-state index is 5.68. The normalized spacial score (nSPS) is 19.1. The van der Waals surface area contributed by atoms with Gasteiger partial charge < -0.3 is 14.8 Å². The molecule has 2 aliphatic heterocycles. The molecule has 1 aromatic carbocycles. The molecule has 1 unspecified atom stereocenters. The van der Waals surface area contributed by atoms with Crippen molar-refractivity contribution >= 4 is 0 Å². The van der Waals surface area contributed by atoms with Crippen molar-refractivity contribution in [1.82, 2.24) is 15.2 Å². The van der Waals surface area contributed by atoms with Crippen LogP contribution in [0.15, 0.2) is 42.7 Å². The Hall–Kier alpha value is -2.11. The van der Waals surface area contributed by atoms with Crippen LogP contribution in [0.1, 0.15) is 17.5 Å². The number of nitrogens with zero attached hydrogens (tertiary/aromatic N) is 2. The molecular formula is C19H23N3O2. The van der Waals surface area contributed by atoms with Crippen LogP contribution < -0.4 is 14.8 Å². The highest BCUT2D eigenvalue weighted by molar-refractivity contribution is 5.48. The molecule has 3 heterocycles. The summed E-state index contributed by atoms with van der Waals surface area (Å²) in [5.74, 6) is 2.46. The second-order valence-corrected chi connectivity index (χ2v) is 6.54. The van der Waals surface area contributed by atoms with Crippen LogP contribution in [-0.2, 0) is 13.1 Å². The molecule has 0 aliphatic carbocycles. The Morgan fingerprint density at radius 3 is 3.00 bits per heavy atom. The zero-order valence-electron chi connectivity index (χ0n) is 13.8. The van der Waals surface area contributed by atoms with Gasteiger partial charge in [0.1, 0.15) is 0 Å². The largest absolute Gasteiger partial charge is 0.454 e.